The van der Waals surface area contributed by atoms with Crippen LogP contribution in [0.5, 0.6) is 11.5 Å². The van der Waals surface area contributed by atoms with Crippen molar-refractivity contribution in [2.75, 3.05) is 6.61 Å². The Morgan fingerprint density at radius 1 is 0.794 bits per heavy atom. The lowest BCUT2D eigenvalue weighted by atomic mass is 10.0. The highest BCUT2D eigenvalue weighted by Crippen LogP contribution is 2.29. The fourth-order valence-electron chi connectivity index (χ4n) is 3.67. The molecule has 0 amide bonds. The molecular weight excluding hydrogens is 424 g/mol. The van der Waals surface area contributed by atoms with Crippen LogP contribution >= 0.6 is 0 Å². The Labute approximate surface area is 206 Å². The number of carbonyl (C=O) groups excluding carboxylic acids is 1. The van der Waals surface area contributed by atoms with E-state index in [1.807, 2.05) is 0 Å². The lowest BCUT2D eigenvalue weighted by Gasteiger charge is -2.10. The van der Waals surface area contributed by atoms with Gasteiger partial charge in [0, 0.05) is 11.1 Å². The SMILES string of the molecule is CCOC(=O)Cc1cc(O)cc(C/C=C(\C)CC/C=C(\C)CC/C=C(\C)CCC=C(C)C)c1O. The fourth-order valence-corrected chi connectivity index (χ4v) is 3.67. The quantitative estimate of drug-likeness (QED) is 0.165. The highest BCUT2D eigenvalue weighted by molar-refractivity contribution is 5.74. The maximum absolute atomic E-state index is 11.8. The number of aromatic hydroxyl groups is 2. The first kappa shape index (κ1) is 29.3. The standard InChI is InChI=1S/C30H44O4/c1-7-34-29(32)21-27-20-28(31)19-26(30(27)33)18-17-25(6)16-10-15-24(5)14-9-13-23(4)12-8-11-22(2)3/h11,13,15,17,19-20,31,33H,7-10,12,14,16,18,21H2,1-6H3/b23-13+,24-15+,25-17+. The molecule has 0 atom stereocenters. The van der Waals surface area contributed by atoms with Crippen LogP contribution in [-0.2, 0) is 22.4 Å². The van der Waals surface area contributed by atoms with E-state index in [1.54, 1.807) is 13.0 Å². The summed E-state index contributed by atoms with van der Waals surface area (Å²) in [5.74, 6) is -0.328. The Hall–Kier alpha value is -2.75. The number of rotatable bonds is 14. The van der Waals surface area contributed by atoms with Gasteiger partial charge >= 0.3 is 5.97 Å². The van der Waals surface area contributed by atoms with Gasteiger partial charge in [0.1, 0.15) is 11.5 Å². The van der Waals surface area contributed by atoms with Gasteiger partial charge < -0.3 is 14.9 Å². The van der Waals surface area contributed by atoms with E-state index < -0.39 is 5.97 Å². The maximum Gasteiger partial charge on any atom is 0.310 e. The molecule has 0 saturated carbocycles. The number of allylic oxidation sites excluding steroid dienone is 8. The van der Waals surface area contributed by atoms with Crippen LogP contribution in [0.3, 0.4) is 0 Å². The molecule has 0 spiro atoms. The Bertz CT molecular complexity index is 912. The molecular formula is C30H44O4. The number of hydrogen-bond acceptors (Lipinski definition) is 4. The lowest BCUT2D eigenvalue weighted by Crippen LogP contribution is -2.08. The molecule has 0 radical (unpaired) electrons. The first-order valence-corrected chi connectivity index (χ1v) is 12.4. The van der Waals surface area contributed by atoms with Crippen LogP contribution in [0, 0.1) is 0 Å². The average molecular weight is 469 g/mol. The number of ether oxygens (including phenoxy) is 1. The molecule has 0 saturated heterocycles. The smallest absolute Gasteiger partial charge is 0.310 e. The highest BCUT2D eigenvalue weighted by atomic mass is 16.5. The minimum atomic E-state index is -0.419. The van der Waals surface area contributed by atoms with Crippen LogP contribution in [0.25, 0.3) is 0 Å². The third kappa shape index (κ3) is 12.5. The van der Waals surface area contributed by atoms with E-state index in [1.165, 1.54) is 28.4 Å². The lowest BCUT2D eigenvalue weighted by molar-refractivity contribution is -0.142. The van der Waals surface area contributed by atoms with Crippen molar-refractivity contribution in [2.24, 2.45) is 0 Å². The molecule has 0 aromatic heterocycles. The second-order valence-electron chi connectivity index (χ2n) is 9.35. The van der Waals surface area contributed by atoms with Gasteiger partial charge in [-0.1, -0.05) is 46.6 Å². The molecule has 0 fully saturated rings. The minimum Gasteiger partial charge on any atom is -0.508 e. The molecule has 0 bridgehead atoms. The zero-order chi connectivity index (χ0) is 25.5. The topological polar surface area (TPSA) is 66.8 Å². The summed E-state index contributed by atoms with van der Waals surface area (Å²) in [5, 5.41) is 20.5. The molecule has 0 unspecified atom stereocenters. The zero-order valence-electron chi connectivity index (χ0n) is 22.0. The van der Waals surface area contributed by atoms with E-state index in [-0.39, 0.29) is 24.5 Å². The van der Waals surface area contributed by atoms with Crippen LogP contribution in [0.2, 0.25) is 0 Å². The van der Waals surface area contributed by atoms with Gasteiger partial charge in [-0.3, -0.25) is 4.79 Å². The number of phenols is 2. The number of phenolic OH excluding ortho intramolecular Hbond substituents is 2. The molecule has 4 heteroatoms. The number of benzene rings is 1. The van der Waals surface area contributed by atoms with Crippen molar-refractivity contribution in [3.63, 3.8) is 0 Å². The fraction of sp³-hybridized carbons (Fsp3) is 0.500. The number of carbonyl (C=O) groups is 1. The first-order valence-electron chi connectivity index (χ1n) is 12.4. The third-order valence-electron chi connectivity index (χ3n) is 5.72. The Morgan fingerprint density at radius 2 is 1.29 bits per heavy atom. The number of esters is 1. The van der Waals surface area contributed by atoms with Gasteiger partial charge in [-0.05, 0) is 98.6 Å². The highest BCUT2D eigenvalue weighted by Gasteiger charge is 2.13. The van der Waals surface area contributed by atoms with Gasteiger partial charge in [-0.25, -0.2) is 0 Å². The van der Waals surface area contributed by atoms with Crippen LogP contribution in [0.1, 0.15) is 91.2 Å². The van der Waals surface area contributed by atoms with Crippen LogP contribution < -0.4 is 0 Å². The molecule has 1 aromatic rings. The first-order chi connectivity index (χ1) is 16.1. The largest absolute Gasteiger partial charge is 0.508 e. The van der Waals surface area contributed by atoms with Gasteiger partial charge in [-0.2, -0.15) is 0 Å². The van der Waals surface area contributed by atoms with Gasteiger partial charge in [0.05, 0.1) is 13.0 Å². The molecule has 0 aliphatic heterocycles. The second-order valence-corrected chi connectivity index (χ2v) is 9.35. The van der Waals surface area contributed by atoms with Crippen molar-refractivity contribution in [1.29, 1.82) is 0 Å². The summed E-state index contributed by atoms with van der Waals surface area (Å²) in [6, 6.07) is 2.97. The van der Waals surface area contributed by atoms with Crippen molar-refractivity contribution in [3.8, 4) is 11.5 Å². The molecule has 0 heterocycles. The van der Waals surface area contributed by atoms with Gasteiger partial charge in [0.15, 0.2) is 0 Å². The van der Waals surface area contributed by atoms with E-state index >= 15 is 0 Å². The minimum absolute atomic E-state index is 0.0398. The van der Waals surface area contributed by atoms with Crippen molar-refractivity contribution in [1.82, 2.24) is 0 Å². The van der Waals surface area contributed by atoms with Gasteiger partial charge in [0.25, 0.3) is 0 Å². The molecule has 2 N–H and O–H groups in total. The molecule has 34 heavy (non-hydrogen) atoms. The van der Waals surface area contributed by atoms with Crippen LogP contribution in [-0.4, -0.2) is 22.8 Å². The summed E-state index contributed by atoms with van der Waals surface area (Å²) >= 11 is 0. The molecule has 4 nitrogen and oxygen atoms in total. The van der Waals surface area contributed by atoms with Gasteiger partial charge in [-0.15, -0.1) is 0 Å². The zero-order valence-corrected chi connectivity index (χ0v) is 22.0. The molecule has 1 aromatic carbocycles. The van der Waals surface area contributed by atoms with E-state index in [0.29, 0.717) is 17.5 Å². The Kier molecular flexibility index (Phi) is 13.8. The van der Waals surface area contributed by atoms with Crippen molar-refractivity contribution >= 4 is 5.97 Å². The van der Waals surface area contributed by atoms with E-state index in [2.05, 4.69) is 58.9 Å². The summed E-state index contributed by atoms with van der Waals surface area (Å²) in [4.78, 5) is 11.8. The van der Waals surface area contributed by atoms with E-state index in [0.717, 1.165) is 38.5 Å². The molecule has 0 aliphatic rings. The summed E-state index contributed by atoms with van der Waals surface area (Å²) in [6.45, 7) is 12.8. The van der Waals surface area contributed by atoms with Crippen LogP contribution in [0.4, 0.5) is 0 Å². The van der Waals surface area contributed by atoms with Crippen molar-refractivity contribution in [3.05, 3.63) is 69.9 Å². The Balaban J connectivity index is 2.54. The average Bonchev–Trinajstić information content (AvgIpc) is 2.75. The summed E-state index contributed by atoms with van der Waals surface area (Å²) < 4.78 is 4.95. The number of hydrogen-bond donors (Lipinski definition) is 2. The Morgan fingerprint density at radius 3 is 1.82 bits per heavy atom. The van der Waals surface area contributed by atoms with E-state index in [4.69, 9.17) is 4.74 Å². The normalized spacial score (nSPS) is 12.6. The predicted molar refractivity (Wildman–Crippen MR) is 142 cm³/mol. The van der Waals surface area contributed by atoms with Crippen LogP contribution in [0.15, 0.2) is 58.7 Å². The summed E-state index contributed by atoms with van der Waals surface area (Å²) in [6.07, 6.45) is 15.8. The maximum atomic E-state index is 11.8. The van der Waals surface area contributed by atoms with E-state index in [9.17, 15) is 15.0 Å². The van der Waals surface area contributed by atoms with Crippen molar-refractivity contribution in [2.45, 2.75) is 92.9 Å². The van der Waals surface area contributed by atoms with Crippen molar-refractivity contribution < 1.29 is 19.7 Å². The molecule has 0 aliphatic carbocycles. The molecule has 188 valence electrons. The summed E-state index contributed by atoms with van der Waals surface area (Å²) in [5.41, 5.74) is 6.48. The monoisotopic (exact) mass is 468 g/mol. The predicted octanol–water partition coefficient (Wildman–Crippen LogP) is 7.89. The molecule has 1 rings (SSSR count). The van der Waals surface area contributed by atoms with Gasteiger partial charge in [0.2, 0.25) is 0 Å². The third-order valence-corrected chi connectivity index (χ3v) is 5.72. The second kappa shape index (κ2) is 16.0. The summed E-state index contributed by atoms with van der Waals surface area (Å²) in [7, 11) is 0.